The lowest BCUT2D eigenvalue weighted by atomic mass is 10.1. The third-order valence-corrected chi connectivity index (χ3v) is 4.62. The molecule has 1 aliphatic rings. The van der Waals surface area contributed by atoms with Crippen molar-refractivity contribution in [3.8, 4) is 5.75 Å². The van der Waals surface area contributed by atoms with E-state index in [1.807, 2.05) is 55.6 Å². The molecule has 29 heavy (non-hydrogen) atoms. The molecule has 1 aliphatic heterocycles. The number of piperidine rings is 1. The Labute approximate surface area is 171 Å². The van der Waals surface area contributed by atoms with Crippen molar-refractivity contribution in [1.82, 2.24) is 15.2 Å². The van der Waals surface area contributed by atoms with Gasteiger partial charge in [-0.2, -0.15) is 0 Å². The smallest absolute Gasteiger partial charge is 0.260 e. The van der Waals surface area contributed by atoms with Crippen LogP contribution in [0.1, 0.15) is 24.1 Å². The van der Waals surface area contributed by atoms with Gasteiger partial charge in [-0.3, -0.25) is 14.7 Å². The lowest BCUT2D eigenvalue weighted by Gasteiger charge is -2.26. The maximum atomic E-state index is 11.8. The number of nitrogens with zero attached hydrogens (tertiary/aromatic N) is 3. The summed E-state index contributed by atoms with van der Waals surface area (Å²) < 4.78 is 5.60. The van der Waals surface area contributed by atoms with Crippen LogP contribution in [0.4, 0.5) is 0 Å². The molecular weight excluding hydrogens is 368 g/mol. The summed E-state index contributed by atoms with van der Waals surface area (Å²) in [6.07, 6.45) is 3.51. The molecule has 2 aromatic rings. The molecule has 1 aromatic heterocycles. The molecule has 1 amide bonds. The number of rotatable bonds is 9. The lowest BCUT2D eigenvalue weighted by molar-refractivity contribution is -0.125. The molecule has 1 N–H and O–H groups in total. The third-order valence-electron chi connectivity index (χ3n) is 4.62. The second kappa shape index (κ2) is 11.2. The van der Waals surface area contributed by atoms with Gasteiger partial charge in [-0.15, -0.1) is 0 Å². The maximum Gasteiger partial charge on any atom is 0.260 e. The zero-order chi connectivity index (χ0) is 20.3. The summed E-state index contributed by atoms with van der Waals surface area (Å²) in [6.45, 7) is 5.46. The van der Waals surface area contributed by atoms with Gasteiger partial charge in [0, 0.05) is 38.7 Å². The number of aromatic nitrogens is 1. The van der Waals surface area contributed by atoms with Crippen molar-refractivity contribution in [3.63, 3.8) is 0 Å². The molecule has 0 saturated carbocycles. The number of pyridine rings is 1. The lowest BCUT2D eigenvalue weighted by Crippen LogP contribution is -2.34. The van der Waals surface area contributed by atoms with E-state index in [2.05, 4.69) is 20.4 Å². The van der Waals surface area contributed by atoms with E-state index in [1.165, 1.54) is 0 Å². The average molecular weight is 396 g/mol. The Bertz CT molecular complexity index is 801. The predicted octanol–water partition coefficient (Wildman–Crippen LogP) is 2.55. The van der Waals surface area contributed by atoms with Gasteiger partial charge in [-0.1, -0.05) is 23.4 Å². The molecule has 0 unspecified atom stereocenters. The van der Waals surface area contributed by atoms with Gasteiger partial charge in [0.1, 0.15) is 12.4 Å². The SMILES string of the molecule is Cc1cccc(OCCNC(=O)CON=C2CCN(Cc3ccccn3)CC2)c1. The van der Waals surface area contributed by atoms with Gasteiger partial charge >= 0.3 is 0 Å². The number of carbonyl (C=O) groups excluding carboxylic acids is 1. The molecule has 7 nitrogen and oxygen atoms in total. The topological polar surface area (TPSA) is 76.1 Å². The van der Waals surface area contributed by atoms with Crippen LogP contribution in [0.3, 0.4) is 0 Å². The molecule has 0 atom stereocenters. The number of hydrogen-bond donors (Lipinski definition) is 1. The van der Waals surface area contributed by atoms with E-state index >= 15 is 0 Å². The summed E-state index contributed by atoms with van der Waals surface area (Å²) >= 11 is 0. The number of amides is 1. The quantitative estimate of drug-likeness (QED) is 0.521. The van der Waals surface area contributed by atoms with Gasteiger partial charge in [-0.05, 0) is 36.8 Å². The summed E-state index contributed by atoms with van der Waals surface area (Å²) in [4.78, 5) is 23.8. The van der Waals surface area contributed by atoms with Crippen LogP contribution in [-0.2, 0) is 16.2 Å². The minimum Gasteiger partial charge on any atom is -0.492 e. The third kappa shape index (κ3) is 7.54. The molecule has 1 saturated heterocycles. The molecule has 0 aliphatic carbocycles. The van der Waals surface area contributed by atoms with Gasteiger partial charge in [0.05, 0.1) is 18.0 Å². The normalized spacial score (nSPS) is 14.3. The summed E-state index contributed by atoms with van der Waals surface area (Å²) in [6, 6.07) is 13.8. The molecular formula is C22H28N4O3. The molecule has 0 radical (unpaired) electrons. The Morgan fingerprint density at radius 2 is 2.07 bits per heavy atom. The van der Waals surface area contributed by atoms with Crippen LogP contribution in [0.15, 0.2) is 53.8 Å². The standard InChI is InChI=1S/C22H28N4O3/c1-18-5-4-7-21(15-18)28-14-11-24-22(27)17-29-25-19-8-12-26(13-9-19)16-20-6-2-3-10-23-20/h2-7,10,15H,8-9,11-14,16-17H2,1H3,(H,24,27). The first-order chi connectivity index (χ1) is 14.2. The number of hydrogen-bond acceptors (Lipinski definition) is 6. The minimum atomic E-state index is -0.199. The van der Waals surface area contributed by atoms with Crippen LogP contribution in [0.2, 0.25) is 0 Å². The van der Waals surface area contributed by atoms with Crippen molar-refractivity contribution >= 4 is 11.6 Å². The first-order valence-electron chi connectivity index (χ1n) is 9.95. The first kappa shape index (κ1) is 20.8. The van der Waals surface area contributed by atoms with Crippen molar-refractivity contribution in [3.05, 3.63) is 59.9 Å². The fraction of sp³-hybridized carbons (Fsp3) is 0.409. The maximum absolute atomic E-state index is 11.8. The molecule has 2 heterocycles. The molecule has 0 spiro atoms. The summed E-state index contributed by atoms with van der Waals surface area (Å²) in [5, 5.41) is 6.90. The van der Waals surface area contributed by atoms with E-state index in [1.54, 1.807) is 0 Å². The van der Waals surface area contributed by atoms with Crippen LogP contribution in [0.5, 0.6) is 5.75 Å². The number of oxime groups is 1. The Morgan fingerprint density at radius 3 is 2.83 bits per heavy atom. The van der Waals surface area contributed by atoms with Gasteiger partial charge in [0.2, 0.25) is 0 Å². The molecule has 3 rings (SSSR count). The monoisotopic (exact) mass is 396 g/mol. The fourth-order valence-electron chi connectivity index (χ4n) is 3.08. The Morgan fingerprint density at radius 1 is 1.21 bits per heavy atom. The highest BCUT2D eigenvalue weighted by atomic mass is 16.6. The largest absolute Gasteiger partial charge is 0.492 e. The number of aryl methyl sites for hydroxylation is 1. The van der Waals surface area contributed by atoms with Gasteiger partial charge in [0.25, 0.3) is 5.91 Å². The molecule has 1 aromatic carbocycles. The number of benzene rings is 1. The highest BCUT2D eigenvalue weighted by Crippen LogP contribution is 2.12. The van der Waals surface area contributed by atoms with Gasteiger partial charge in [-0.25, -0.2) is 0 Å². The fourth-order valence-corrected chi connectivity index (χ4v) is 3.08. The van der Waals surface area contributed by atoms with Crippen molar-refractivity contribution in [1.29, 1.82) is 0 Å². The summed E-state index contributed by atoms with van der Waals surface area (Å²) in [5.41, 5.74) is 3.21. The zero-order valence-electron chi connectivity index (χ0n) is 16.8. The number of carbonyl (C=O) groups is 1. The van der Waals surface area contributed by atoms with Crippen molar-refractivity contribution < 1.29 is 14.4 Å². The van der Waals surface area contributed by atoms with E-state index < -0.39 is 0 Å². The van der Waals surface area contributed by atoms with Crippen LogP contribution < -0.4 is 10.1 Å². The number of likely N-dealkylation sites (tertiary alicyclic amines) is 1. The van der Waals surface area contributed by atoms with Crippen LogP contribution in [0.25, 0.3) is 0 Å². The van der Waals surface area contributed by atoms with E-state index in [-0.39, 0.29) is 12.5 Å². The minimum absolute atomic E-state index is 0.0778. The molecule has 7 heteroatoms. The second-order valence-corrected chi connectivity index (χ2v) is 7.04. The van der Waals surface area contributed by atoms with Crippen molar-refractivity contribution in [2.24, 2.45) is 5.16 Å². The van der Waals surface area contributed by atoms with E-state index in [0.717, 1.165) is 55.2 Å². The van der Waals surface area contributed by atoms with E-state index in [4.69, 9.17) is 9.57 Å². The summed E-state index contributed by atoms with van der Waals surface area (Å²) in [7, 11) is 0. The molecule has 0 bridgehead atoms. The van der Waals surface area contributed by atoms with Crippen LogP contribution in [0, 0.1) is 6.92 Å². The Kier molecular flexibility index (Phi) is 8.01. The number of nitrogens with one attached hydrogen (secondary N) is 1. The van der Waals surface area contributed by atoms with E-state index in [9.17, 15) is 4.79 Å². The van der Waals surface area contributed by atoms with Crippen molar-refractivity contribution in [2.45, 2.75) is 26.3 Å². The van der Waals surface area contributed by atoms with Crippen molar-refractivity contribution in [2.75, 3.05) is 32.8 Å². The highest BCUT2D eigenvalue weighted by molar-refractivity contribution is 5.85. The second-order valence-electron chi connectivity index (χ2n) is 7.04. The number of ether oxygens (including phenoxy) is 1. The van der Waals surface area contributed by atoms with Gasteiger partial charge in [0.15, 0.2) is 6.61 Å². The first-order valence-corrected chi connectivity index (χ1v) is 9.95. The predicted molar refractivity (Wildman–Crippen MR) is 112 cm³/mol. The van der Waals surface area contributed by atoms with Crippen LogP contribution in [-0.4, -0.2) is 54.4 Å². The van der Waals surface area contributed by atoms with Gasteiger partial charge < -0.3 is 14.9 Å². The molecule has 1 fully saturated rings. The van der Waals surface area contributed by atoms with Crippen LogP contribution >= 0.6 is 0 Å². The molecule has 154 valence electrons. The average Bonchev–Trinajstić information content (AvgIpc) is 2.73. The summed E-state index contributed by atoms with van der Waals surface area (Å²) in [5.74, 6) is 0.603. The Balaban J connectivity index is 1.26. The Hall–Kier alpha value is -2.93. The highest BCUT2D eigenvalue weighted by Gasteiger charge is 2.16. The van der Waals surface area contributed by atoms with E-state index in [0.29, 0.717) is 13.2 Å². The zero-order valence-corrected chi connectivity index (χ0v) is 16.8.